The lowest BCUT2D eigenvalue weighted by Gasteiger charge is -2.08. The monoisotopic (exact) mass is 338 g/mol. The molecule has 0 aliphatic carbocycles. The van der Waals surface area contributed by atoms with Crippen LogP contribution in [0.4, 0.5) is 4.39 Å². The highest BCUT2D eigenvalue weighted by Crippen LogP contribution is 2.36. The van der Waals surface area contributed by atoms with Crippen LogP contribution in [0.3, 0.4) is 0 Å². The van der Waals surface area contributed by atoms with E-state index in [1.54, 1.807) is 18.2 Å². The van der Waals surface area contributed by atoms with Crippen molar-refractivity contribution in [2.24, 2.45) is 0 Å². The Morgan fingerprint density at radius 1 is 1.25 bits per heavy atom. The standard InChI is InChI=1S/C11H6BrCl2FS/c12-7-2-1-6(5-8(7)15)11(14)9-3-4-10(13)16-9/h1-5,11H. The zero-order valence-corrected chi connectivity index (χ0v) is 11.8. The fourth-order valence-corrected chi connectivity index (χ4v) is 2.95. The molecule has 0 saturated carbocycles. The lowest BCUT2D eigenvalue weighted by molar-refractivity contribution is 0.619. The summed E-state index contributed by atoms with van der Waals surface area (Å²) in [4.78, 5) is 0.911. The first-order valence-electron chi connectivity index (χ1n) is 4.42. The van der Waals surface area contributed by atoms with E-state index in [1.165, 1.54) is 17.4 Å². The molecule has 1 atom stereocenters. The Bertz CT molecular complexity index is 512. The van der Waals surface area contributed by atoms with Crippen molar-refractivity contribution < 1.29 is 4.39 Å². The van der Waals surface area contributed by atoms with E-state index >= 15 is 0 Å². The summed E-state index contributed by atoms with van der Waals surface area (Å²) in [6.07, 6.45) is 0. The summed E-state index contributed by atoms with van der Waals surface area (Å²) in [6, 6.07) is 8.50. The molecule has 1 aromatic carbocycles. The second-order valence-electron chi connectivity index (χ2n) is 3.18. The second-order valence-corrected chi connectivity index (χ2v) is 6.22. The first-order valence-corrected chi connectivity index (χ1v) is 6.84. The van der Waals surface area contributed by atoms with Crippen LogP contribution in [-0.2, 0) is 0 Å². The van der Waals surface area contributed by atoms with Crippen LogP contribution in [0, 0.1) is 5.82 Å². The zero-order valence-electron chi connectivity index (χ0n) is 7.88. The van der Waals surface area contributed by atoms with Gasteiger partial charge < -0.3 is 0 Å². The smallest absolute Gasteiger partial charge is 0.137 e. The van der Waals surface area contributed by atoms with E-state index in [2.05, 4.69) is 15.9 Å². The maximum absolute atomic E-state index is 13.3. The molecule has 0 saturated heterocycles. The summed E-state index contributed by atoms with van der Waals surface area (Å²) >= 11 is 16.6. The first-order chi connectivity index (χ1) is 7.58. The largest absolute Gasteiger partial charge is 0.206 e. The summed E-state index contributed by atoms with van der Waals surface area (Å²) in [5.41, 5.74) is 0.723. The van der Waals surface area contributed by atoms with Gasteiger partial charge in [0.25, 0.3) is 0 Å². The minimum Gasteiger partial charge on any atom is -0.206 e. The predicted octanol–water partition coefficient (Wildman–Crippen LogP) is 5.63. The van der Waals surface area contributed by atoms with Crippen LogP contribution < -0.4 is 0 Å². The van der Waals surface area contributed by atoms with Gasteiger partial charge in [0, 0.05) is 4.88 Å². The van der Waals surface area contributed by atoms with E-state index in [-0.39, 0.29) is 11.2 Å². The van der Waals surface area contributed by atoms with Gasteiger partial charge in [-0.3, -0.25) is 0 Å². The van der Waals surface area contributed by atoms with Crippen LogP contribution in [0.15, 0.2) is 34.8 Å². The molecule has 5 heteroatoms. The van der Waals surface area contributed by atoms with E-state index in [4.69, 9.17) is 23.2 Å². The van der Waals surface area contributed by atoms with Gasteiger partial charge in [-0.25, -0.2) is 4.39 Å². The molecule has 0 radical (unpaired) electrons. The van der Waals surface area contributed by atoms with E-state index in [9.17, 15) is 4.39 Å². The Kier molecular flexibility index (Phi) is 3.90. The summed E-state index contributed by atoms with van der Waals surface area (Å²) in [6.45, 7) is 0. The minimum atomic E-state index is -0.361. The fourth-order valence-electron chi connectivity index (χ4n) is 1.30. The van der Waals surface area contributed by atoms with Gasteiger partial charge in [0.1, 0.15) is 5.82 Å². The number of hydrogen-bond acceptors (Lipinski definition) is 1. The summed E-state index contributed by atoms with van der Waals surface area (Å²) in [7, 11) is 0. The van der Waals surface area contributed by atoms with Crippen molar-refractivity contribution in [2.75, 3.05) is 0 Å². The third-order valence-corrected chi connectivity index (χ3v) is 4.64. The van der Waals surface area contributed by atoms with Crippen LogP contribution >= 0.6 is 50.5 Å². The van der Waals surface area contributed by atoms with Crippen molar-refractivity contribution >= 4 is 50.5 Å². The Balaban J connectivity index is 2.33. The van der Waals surface area contributed by atoms with Crippen LogP contribution in [0.25, 0.3) is 0 Å². The Morgan fingerprint density at radius 2 is 2.00 bits per heavy atom. The van der Waals surface area contributed by atoms with Crippen LogP contribution in [0.5, 0.6) is 0 Å². The molecule has 0 spiro atoms. The van der Waals surface area contributed by atoms with Crippen molar-refractivity contribution in [1.29, 1.82) is 0 Å². The third kappa shape index (κ3) is 2.59. The molecule has 2 rings (SSSR count). The molecular formula is C11H6BrCl2FS. The Hall–Kier alpha value is -0.0900. The van der Waals surface area contributed by atoms with Crippen molar-refractivity contribution in [2.45, 2.75) is 5.38 Å². The highest BCUT2D eigenvalue weighted by molar-refractivity contribution is 9.10. The quantitative estimate of drug-likeness (QED) is 0.622. The first kappa shape index (κ1) is 12.4. The molecule has 84 valence electrons. The molecule has 2 aromatic rings. The van der Waals surface area contributed by atoms with Gasteiger partial charge in [0.05, 0.1) is 14.2 Å². The SMILES string of the molecule is Fc1cc(C(Cl)c2ccc(Cl)s2)ccc1Br. The van der Waals surface area contributed by atoms with Crippen molar-refractivity contribution in [1.82, 2.24) is 0 Å². The highest BCUT2D eigenvalue weighted by Gasteiger charge is 2.14. The van der Waals surface area contributed by atoms with Crippen molar-refractivity contribution in [3.8, 4) is 0 Å². The summed E-state index contributed by atoms with van der Waals surface area (Å²) in [5.74, 6) is -0.314. The molecule has 1 heterocycles. The predicted molar refractivity (Wildman–Crippen MR) is 71.1 cm³/mol. The molecule has 1 aromatic heterocycles. The second kappa shape index (κ2) is 5.05. The number of halogens is 4. The molecule has 0 bridgehead atoms. The van der Waals surface area contributed by atoms with E-state index < -0.39 is 0 Å². The Morgan fingerprint density at radius 3 is 2.56 bits per heavy atom. The lowest BCUT2D eigenvalue weighted by Crippen LogP contribution is -1.91. The molecule has 0 nitrogen and oxygen atoms in total. The molecule has 0 amide bonds. The van der Waals surface area contributed by atoms with Crippen molar-refractivity contribution in [3.63, 3.8) is 0 Å². The number of hydrogen-bond donors (Lipinski definition) is 0. The molecule has 0 fully saturated rings. The summed E-state index contributed by atoms with van der Waals surface area (Å²) in [5, 5.41) is -0.361. The lowest BCUT2D eigenvalue weighted by atomic mass is 10.1. The third-order valence-electron chi connectivity index (χ3n) is 2.08. The molecule has 1 unspecified atom stereocenters. The number of alkyl halides is 1. The fraction of sp³-hybridized carbons (Fsp3) is 0.0909. The maximum atomic E-state index is 13.3. The van der Waals surface area contributed by atoms with E-state index in [0.29, 0.717) is 8.81 Å². The Labute approximate surface area is 115 Å². The van der Waals surface area contributed by atoms with Gasteiger partial charge >= 0.3 is 0 Å². The number of rotatable bonds is 2. The molecule has 16 heavy (non-hydrogen) atoms. The van der Waals surface area contributed by atoms with Gasteiger partial charge in [-0.1, -0.05) is 17.7 Å². The normalized spacial score (nSPS) is 12.8. The van der Waals surface area contributed by atoms with Crippen LogP contribution in [-0.4, -0.2) is 0 Å². The maximum Gasteiger partial charge on any atom is 0.137 e. The zero-order chi connectivity index (χ0) is 11.7. The van der Waals surface area contributed by atoms with Gasteiger partial charge in [-0.05, 0) is 45.8 Å². The number of thiophene rings is 1. The average molecular weight is 340 g/mol. The minimum absolute atomic E-state index is 0.314. The van der Waals surface area contributed by atoms with Gasteiger partial charge in [-0.2, -0.15) is 0 Å². The van der Waals surface area contributed by atoms with E-state index in [0.717, 1.165) is 10.4 Å². The molecule has 0 aliphatic heterocycles. The van der Waals surface area contributed by atoms with Gasteiger partial charge in [0.2, 0.25) is 0 Å². The average Bonchev–Trinajstić information content (AvgIpc) is 2.68. The van der Waals surface area contributed by atoms with E-state index in [1.807, 2.05) is 6.07 Å². The summed E-state index contributed by atoms with van der Waals surface area (Å²) < 4.78 is 14.4. The number of benzene rings is 1. The van der Waals surface area contributed by atoms with Crippen molar-refractivity contribution in [3.05, 3.63) is 55.4 Å². The van der Waals surface area contributed by atoms with Gasteiger partial charge in [0.15, 0.2) is 0 Å². The highest BCUT2D eigenvalue weighted by atomic mass is 79.9. The topological polar surface area (TPSA) is 0 Å². The van der Waals surface area contributed by atoms with Crippen LogP contribution in [0.2, 0.25) is 4.34 Å². The van der Waals surface area contributed by atoms with Crippen LogP contribution in [0.1, 0.15) is 15.8 Å². The molecule has 0 N–H and O–H groups in total. The molecule has 0 aliphatic rings. The molecular weight excluding hydrogens is 334 g/mol. The van der Waals surface area contributed by atoms with Gasteiger partial charge in [-0.15, -0.1) is 22.9 Å².